The van der Waals surface area contributed by atoms with E-state index in [0.29, 0.717) is 0 Å². The molecule has 2 atom stereocenters. The number of nitrogens with zero attached hydrogens (tertiary/aromatic N) is 4. The van der Waals surface area contributed by atoms with Gasteiger partial charge in [-0.15, -0.1) is 0 Å². The van der Waals surface area contributed by atoms with Gasteiger partial charge in [0.25, 0.3) is 0 Å². The molecular weight excluding hydrogens is 247 g/mol. The lowest BCUT2D eigenvalue weighted by Gasteiger charge is -2.16. The third kappa shape index (κ3) is 3.14. The van der Waals surface area contributed by atoms with Crippen LogP contribution in [0.5, 0.6) is 0 Å². The summed E-state index contributed by atoms with van der Waals surface area (Å²) in [4.78, 5) is 11.9. The van der Waals surface area contributed by atoms with Crippen LogP contribution in [-0.4, -0.2) is 27.8 Å². The van der Waals surface area contributed by atoms with Gasteiger partial charge >= 0.3 is 5.69 Å². The first kappa shape index (κ1) is 13.8. The van der Waals surface area contributed by atoms with Crippen molar-refractivity contribution >= 4 is 5.69 Å². The fourth-order valence-corrected chi connectivity index (χ4v) is 1.30. The Hall–Kier alpha value is -2.22. The Kier molecular flexibility index (Phi) is 4.55. The zero-order valence-electron chi connectivity index (χ0n) is 8.97. The Morgan fingerprint density at radius 1 is 1.56 bits per heavy atom. The number of benzene rings is 1. The lowest BCUT2D eigenvalue weighted by molar-refractivity contribution is -0.387. The minimum Gasteiger partial charge on any atom is -0.390 e. The molecule has 8 nitrogen and oxygen atoms in total. The summed E-state index contributed by atoms with van der Waals surface area (Å²) in [5.74, 6) is -1.12. The number of aliphatic hydroxyl groups excluding tert-OH is 2. The van der Waals surface area contributed by atoms with Crippen molar-refractivity contribution in [3.05, 3.63) is 50.1 Å². The fraction of sp³-hybridized carbons (Fsp3) is 0.333. The molecule has 0 radical (unpaired) electrons. The fourth-order valence-electron chi connectivity index (χ4n) is 1.30. The van der Waals surface area contributed by atoms with Gasteiger partial charge < -0.3 is 10.2 Å². The van der Waals surface area contributed by atoms with Gasteiger partial charge in [-0.3, -0.25) is 10.1 Å². The zero-order chi connectivity index (χ0) is 13.7. The van der Waals surface area contributed by atoms with Crippen LogP contribution in [-0.2, 0) is 0 Å². The Labute approximate surface area is 100 Å². The molecule has 1 aromatic carbocycles. The molecule has 96 valence electrons. The van der Waals surface area contributed by atoms with Crippen LogP contribution < -0.4 is 0 Å². The number of aliphatic hydroxyl groups is 2. The smallest absolute Gasteiger partial charge is 0.304 e. The van der Waals surface area contributed by atoms with E-state index in [-0.39, 0.29) is 5.56 Å². The van der Waals surface area contributed by atoms with Crippen molar-refractivity contribution in [1.29, 1.82) is 0 Å². The summed E-state index contributed by atoms with van der Waals surface area (Å²) in [6.07, 6.45) is -2.91. The van der Waals surface area contributed by atoms with Gasteiger partial charge in [0.15, 0.2) is 0 Å². The van der Waals surface area contributed by atoms with Crippen molar-refractivity contribution in [3.63, 3.8) is 0 Å². The average Bonchev–Trinajstić information content (AvgIpc) is 2.34. The molecular formula is C9H9FN4O4. The number of azide groups is 1. The Morgan fingerprint density at radius 2 is 2.22 bits per heavy atom. The first-order chi connectivity index (χ1) is 8.47. The molecule has 1 aromatic rings. The molecule has 0 bridgehead atoms. The predicted octanol–water partition coefficient (Wildman–Crippen LogP) is 1.44. The van der Waals surface area contributed by atoms with Crippen LogP contribution in [0.4, 0.5) is 10.1 Å². The Bertz CT molecular complexity index is 503. The summed E-state index contributed by atoms with van der Waals surface area (Å²) < 4.78 is 13.3. The van der Waals surface area contributed by atoms with E-state index in [1.54, 1.807) is 0 Å². The molecule has 0 saturated carbocycles. The summed E-state index contributed by atoms with van der Waals surface area (Å²) in [5, 5.41) is 32.4. The second-order valence-electron chi connectivity index (χ2n) is 3.39. The van der Waals surface area contributed by atoms with E-state index in [1.807, 2.05) is 0 Å². The largest absolute Gasteiger partial charge is 0.390 e. The first-order valence-corrected chi connectivity index (χ1v) is 4.78. The minimum atomic E-state index is -1.49. The van der Waals surface area contributed by atoms with Crippen LogP contribution in [0.1, 0.15) is 11.7 Å². The van der Waals surface area contributed by atoms with Crippen molar-refractivity contribution in [2.45, 2.75) is 12.2 Å². The van der Waals surface area contributed by atoms with Gasteiger partial charge in [0.2, 0.25) is 5.82 Å². The van der Waals surface area contributed by atoms with E-state index in [1.165, 1.54) is 0 Å². The Balaban J connectivity index is 2.93. The standard InChI is InChI=1S/C9H9FN4O4/c10-6-3-5(1-2-7(6)14(17)18)9(16)8(15)4-12-13-11/h1-3,8-9,15-16H,4H2. The van der Waals surface area contributed by atoms with E-state index < -0.39 is 35.2 Å². The van der Waals surface area contributed by atoms with Crippen molar-refractivity contribution in [2.75, 3.05) is 6.54 Å². The Morgan fingerprint density at radius 3 is 2.72 bits per heavy atom. The van der Waals surface area contributed by atoms with E-state index in [4.69, 9.17) is 5.53 Å². The quantitative estimate of drug-likeness (QED) is 0.271. The summed E-state index contributed by atoms with van der Waals surface area (Å²) >= 11 is 0. The van der Waals surface area contributed by atoms with Crippen LogP contribution in [0, 0.1) is 15.9 Å². The molecule has 18 heavy (non-hydrogen) atoms. The van der Waals surface area contributed by atoms with Gasteiger partial charge in [-0.05, 0) is 23.2 Å². The van der Waals surface area contributed by atoms with E-state index >= 15 is 0 Å². The summed E-state index contributed by atoms with van der Waals surface area (Å²) in [6, 6.07) is 2.75. The molecule has 0 fully saturated rings. The maximum absolute atomic E-state index is 13.3. The van der Waals surface area contributed by atoms with Crippen molar-refractivity contribution in [3.8, 4) is 0 Å². The summed E-state index contributed by atoms with van der Waals surface area (Å²) in [5.41, 5.74) is 7.27. The SMILES string of the molecule is [N-]=[N+]=NCC(O)C(O)c1ccc([N+](=O)[O-])c(F)c1. The van der Waals surface area contributed by atoms with Gasteiger partial charge in [0.1, 0.15) is 6.10 Å². The number of nitro benzene ring substituents is 1. The maximum Gasteiger partial charge on any atom is 0.304 e. The van der Waals surface area contributed by atoms with Crippen molar-refractivity contribution in [2.24, 2.45) is 5.11 Å². The topological polar surface area (TPSA) is 132 Å². The molecule has 0 aromatic heterocycles. The van der Waals surface area contributed by atoms with Gasteiger partial charge in [0.05, 0.1) is 17.6 Å². The van der Waals surface area contributed by atoms with Crippen LogP contribution >= 0.6 is 0 Å². The van der Waals surface area contributed by atoms with E-state index in [2.05, 4.69) is 10.0 Å². The lowest BCUT2D eigenvalue weighted by Crippen LogP contribution is -2.21. The highest BCUT2D eigenvalue weighted by atomic mass is 19.1. The number of hydrogen-bond donors (Lipinski definition) is 2. The number of halogens is 1. The minimum absolute atomic E-state index is 0.0428. The zero-order valence-corrected chi connectivity index (χ0v) is 8.97. The summed E-state index contributed by atoms with van der Waals surface area (Å²) in [7, 11) is 0. The van der Waals surface area contributed by atoms with Gasteiger partial charge in [-0.25, -0.2) is 0 Å². The third-order valence-corrected chi connectivity index (χ3v) is 2.21. The van der Waals surface area contributed by atoms with Gasteiger partial charge in [0, 0.05) is 11.0 Å². The molecule has 0 amide bonds. The number of rotatable bonds is 5. The third-order valence-electron chi connectivity index (χ3n) is 2.21. The van der Waals surface area contributed by atoms with E-state index in [9.17, 15) is 24.7 Å². The van der Waals surface area contributed by atoms with Gasteiger partial charge in [-0.1, -0.05) is 5.11 Å². The molecule has 1 rings (SSSR count). The highest BCUT2D eigenvalue weighted by molar-refractivity contribution is 5.36. The number of hydrogen-bond acceptors (Lipinski definition) is 5. The highest BCUT2D eigenvalue weighted by Crippen LogP contribution is 2.23. The van der Waals surface area contributed by atoms with Crippen LogP contribution in [0.3, 0.4) is 0 Å². The summed E-state index contributed by atoms with van der Waals surface area (Å²) in [6.45, 7) is -0.393. The molecule has 0 heterocycles. The van der Waals surface area contributed by atoms with Crippen LogP contribution in [0.2, 0.25) is 0 Å². The number of nitro groups is 1. The predicted molar refractivity (Wildman–Crippen MR) is 58.0 cm³/mol. The molecule has 2 unspecified atom stereocenters. The van der Waals surface area contributed by atoms with Gasteiger partial charge in [-0.2, -0.15) is 4.39 Å². The average molecular weight is 256 g/mol. The molecule has 0 aliphatic rings. The molecule has 2 N–H and O–H groups in total. The highest BCUT2D eigenvalue weighted by Gasteiger charge is 2.21. The van der Waals surface area contributed by atoms with Crippen molar-refractivity contribution < 1.29 is 19.5 Å². The second kappa shape index (κ2) is 5.92. The van der Waals surface area contributed by atoms with Crippen LogP contribution in [0.25, 0.3) is 10.4 Å². The molecule has 0 spiro atoms. The first-order valence-electron chi connectivity index (χ1n) is 4.78. The van der Waals surface area contributed by atoms with E-state index in [0.717, 1.165) is 18.2 Å². The van der Waals surface area contributed by atoms with Crippen LogP contribution in [0.15, 0.2) is 23.3 Å². The lowest BCUT2D eigenvalue weighted by atomic mass is 10.0. The maximum atomic E-state index is 13.3. The van der Waals surface area contributed by atoms with Crippen molar-refractivity contribution in [1.82, 2.24) is 0 Å². The molecule has 9 heteroatoms. The molecule has 0 aliphatic carbocycles. The monoisotopic (exact) mass is 256 g/mol. The molecule has 0 aliphatic heterocycles. The second-order valence-corrected chi connectivity index (χ2v) is 3.39. The molecule has 0 saturated heterocycles. The normalized spacial score (nSPS) is 13.5.